The van der Waals surface area contributed by atoms with E-state index < -0.39 is 11.4 Å². The van der Waals surface area contributed by atoms with Crippen molar-refractivity contribution in [3.63, 3.8) is 0 Å². The molecule has 1 N–H and O–H groups in total. The highest BCUT2D eigenvalue weighted by Gasteiger charge is 2.29. The summed E-state index contributed by atoms with van der Waals surface area (Å²) in [6.45, 7) is 3.41. The van der Waals surface area contributed by atoms with E-state index in [1.165, 1.54) is 18.6 Å². The minimum absolute atomic E-state index is 0.258. The Balaban J connectivity index is 2.55. The number of aliphatic hydroxyl groups is 1. The molecule has 0 saturated heterocycles. The number of furan rings is 1. The molecule has 1 heterocycles. The molecule has 0 radical (unpaired) electrons. The van der Waals surface area contributed by atoms with E-state index in [0.29, 0.717) is 5.56 Å². The fourth-order valence-electron chi connectivity index (χ4n) is 1.71. The maximum absolute atomic E-state index is 13.7. The number of hydrogen-bond acceptors (Lipinski definition) is 2. The zero-order chi connectivity index (χ0) is 11.8. The molecule has 1 unspecified atom stereocenters. The Labute approximate surface area is 93.3 Å². The van der Waals surface area contributed by atoms with Gasteiger partial charge in [-0.3, -0.25) is 0 Å². The largest absolute Gasteiger partial charge is 0.472 e. The molecule has 0 amide bonds. The highest BCUT2D eigenvalue weighted by Crippen LogP contribution is 2.31. The van der Waals surface area contributed by atoms with Gasteiger partial charge in [-0.15, -0.1) is 0 Å². The molecule has 2 rings (SSSR count). The average Bonchev–Trinajstić information content (AvgIpc) is 2.75. The van der Waals surface area contributed by atoms with E-state index >= 15 is 0 Å². The lowest BCUT2D eigenvalue weighted by atomic mass is 9.89. The standard InChI is InChI=1S/C13H13FO2/c1-9-3-4-12(14)11(7-9)13(2,15)10-5-6-16-8-10/h3-8,15H,1-2H3. The van der Waals surface area contributed by atoms with Gasteiger partial charge in [-0.05, 0) is 32.0 Å². The van der Waals surface area contributed by atoms with Crippen molar-refractivity contribution in [2.45, 2.75) is 19.4 Å². The Morgan fingerprint density at radius 1 is 1.31 bits per heavy atom. The quantitative estimate of drug-likeness (QED) is 0.844. The van der Waals surface area contributed by atoms with E-state index in [9.17, 15) is 9.50 Å². The summed E-state index contributed by atoms with van der Waals surface area (Å²) in [5, 5.41) is 10.4. The van der Waals surface area contributed by atoms with Gasteiger partial charge in [-0.2, -0.15) is 0 Å². The van der Waals surface area contributed by atoms with Crippen LogP contribution in [0.25, 0.3) is 0 Å². The van der Waals surface area contributed by atoms with Crippen molar-refractivity contribution in [3.05, 3.63) is 59.3 Å². The van der Waals surface area contributed by atoms with Gasteiger partial charge in [-0.1, -0.05) is 11.6 Å². The van der Waals surface area contributed by atoms with Gasteiger partial charge in [-0.25, -0.2) is 4.39 Å². The molecule has 0 saturated carbocycles. The normalized spacial score (nSPS) is 14.8. The third kappa shape index (κ3) is 1.74. The summed E-state index contributed by atoms with van der Waals surface area (Å²) in [4.78, 5) is 0. The second-order valence-electron chi connectivity index (χ2n) is 4.07. The summed E-state index contributed by atoms with van der Waals surface area (Å²) in [6.07, 6.45) is 2.87. The monoisotopic (exact) mass is 220 g/mol. The van der Waals surface area contributed by atoms with Gasteiger partial charge in [0.2, 0.25) is 0 Å². The minimum atomic E-state index is -1.37. The Morgan fingerprint density at radius 3 is 2.69 bits per heavy atom. The molecule has 84 valence electrons. The van der Waals surface area contributed by atoms with Crippen molar-refractivity contribution in [2.24, 2.45) is 0 Å². The van der Waals surface area contributed by atoms with Crippen LogP contribution in [0.2, 0.25) is 0 Å². The Hall–Kier alpha value is -1.61. The summed E-state index contributed by atoms with van der Waals surface area (Å²) in [5.74, 6) is -0.420. The second kappa shape index (κ2) is 3.76. The molecule has 2 aromatic rings. The molecular formula is C13H13FO2. The second-order valence-corrected chi connectivity index (χ2v) is 4.07. The van der Waals surface area contributed by atoms with Crippen LogP contribution in [0.5, 0.6) is 0 Å². The van der Waals surface area contributed by atoms with Crippen molar-refractivity contribution in [1.82, 2.24) is 0 Å². The molecule has 1 aromatic carbocycles. The van der Waals surface area contributed by atoms with Crippen molar-refractivity contribution >= 4 is 0 Å². The molecule has 0 aliphatic heterocycles. The van der Waals surface area contributed by atoms with E-state index in [-0.39, 0.29) is 5.56 Å². The molecule has 0 spiro atoms. The van der Waals surface area contributed by atoms with Gasteiger partial charge in [0.15, 0.2) is 0 Å². The van der Waals surface area contributed by atoms with Gasteiger partial charge in [0.25, 0.3) is 0 Å². The molecule has 1 aromatic heterocycles. The molecule has 3 heteroatoms. The van der Waals surface area contributed by atoms with Crippen molar-refractivity contribution in [1.29, 1.82) is 0 Å². The molecule has 2 nitrogen and oxygen atoms in total. The third-order valence-corrected chi connectivity index (χ3v) is 2.73. The Kier molecular flexibility index (Phi) is 2.56. The first-order valence-corrected chi connectivity index (χ1v) is 5.03. The minimum Gasteiger partial charge on any atom is -0.472 e. The zero-order valence-electron chi connectivity index (χ0n) is 9.20. The van der Waals surface area contributed by atoms with Crippen LogP contribution in [-0.4, -0.2) is 5.11 Å². The van der Waals surface area contributed by atoms with E-state index in [4.69, 9.17) is 4.42 Å². The number of benzene rings is 1. The van der Waals surface area contributed by atoms with Crippen LogP contribution in [0.15, 0.2) is 41.2 Å². The summed E-state index contributed by atoms with van der Waals surface area (Å²) in [6, 6.07) is 6.30. The Bertz CT molecular complexity index is 487. The molecule has 16 heavy (non-hydrogen) atoms. The number of rotatable bonds is 2. The lowest BCUT2D eigenvalue weighted by molar-refractivity contribution is 0.0972. The maximum atomic E-state index is 13.7. The number of halogens is 1. The van der Waals surface area contributed by atoms with Gasteiger partial charge >= 0.3 is 0 Å². The van der Waals surface area contributed by atoms with Gasteiger partial charge < -0.3 is 9.52 Å². The van der Waals surface area contributed by atoms with Crippen LogP contribution in [0, 0.1) is 12.7 Å². The molecule has 0 aliphatic rings. The van der Waals surface area contributed by atoms with Crippen molar-refractivity contribution in [2.75, 3.05) is 0 Å². The first kappa shape index (κ1) is 10.9. The van der Waals surface area contributed by atoms with E-state index in [1.807, 2.05) is 6.92 Å². The van der Waals surface area contributed by atoms with E-state index in [0.717, 1.165) is 5.56 Å². The summed E-state index contributed by atoms with van der Waals surface area (Å²) < 4.78 is 18.6. The third-order valence-electron chi connectivity index (χ3n) is 2.73. The molecule has 0 fully saturated rings. The van der Waals surface area contributed by atoms with Crippen molar-refractivity contribution in [3.8, 4) is 0 Å². The molecular weight excluding hydrogens is 207 g/mol. The summed E-state index contributed by atoms with van der Waals surface area (Å²) in [5.41, 5.74) is 0.328. The highest BCUT2D eigenvalue weighted by atomic mass is 19.1. The fourth-order valence-corrected chi connectivity index (χ4v) is 1.71. The lowest BCUT2D eigenvalue weighted by Crippen LogP contribution is -2.23. The SMILES string of the molecule is Cc1ccc(F)c(C(C)(O)c2ccoc2)c1. The van der Waals surface area contributed by atoms with Crippen LogP contribution >= 0.6 is 0 Å². The van der Waals surface area contributed by atoms with E-state index in [2.05, 4.69) is 0 Å². The van der Waals surface area contributed by atoms with Gasteiger partial charge in [0.05, 0.1) is 12.5 Å². The summed E-state index contributed by atoms with van der Waals surface area (Å²) >= 11 is 0. The number of aryl methyl sites for hydroxylation is 1. The average molecular weight is 220 g/mol. The fraction of sp³-hybridized carbons (Fsp3) is 0.231. The summed E-state index contributed by atoms with van der Waals surface area (Å²) in [7, 11) is 0. The smallest absolute Gasteiger partial charge is 0.129 e. The molecule has 0 aliphatic carbocycles. The van der Waals surface area contributed by atoms with Crippen molar-refractivity contribution < 1.29 is 13.9 Å². The first-order valence-electron chi connectivity index (χ1n) is 5.03. The maximum Gasteiger partial charge on any atom is 0.129 e. The van der Waals surface area contributed by atoms with Gasteiger partial charge in [0.1, 0.15) is 11.4 Å². The van der Waals surface area contributed by atoms with Crippen LogP contribution in [-0.2, 0) is 5.60 Å². The predicted molar refractivity (Wildman–Crippen MR) is 58.5 cm³/mol. The van der Waals surface area contributed by atoms with Crippen LogP contribution in [0.4, 0.5) is 4.39 Å². The van der Waals surface area contributed by atoms with Gasteiger partial charge in [0, 0.05) is 11.1 Å². The lowest BCUT2D eigenvalue weighted by Gasteiger charge is -2.23. The van der Waals surface area contributed by atoms with Crippen LogP contribution in [0.3, 0.4) is 0 Å². The van der Waals surface area contributed by atoms with Crippen LogP contribution in [0.1, 0.15) is 23.6 Å². The molecule has 0 bridgehead atoms. The van der Waals surface area contributed by atoms with E-state index in [1.54, 1.807) is 25.1 Å². The topological polar surface area (TPSA) is 33.4 Å². The predicted octanol–water partition coefficient (Wildman–Crippen LogP) is 2.98. The number of hydrogen-bond donors (Lipinski definition) is 1. The van der Waals surface area contributed by atoms with Crippen LogP contribution < -0.4 is 0 Å². The molecule has 1 atom stereocenters. The Morgan fingerprint density at radius 2 is 2.06 bits per heavy atom. The zero-order valence-corrected chi connectivity index (χ0v) is 9.20. The highest BCUT2D eigenvalue weighted by molar-refractivity contribution is 5.36. The first-order chi connectivity index (χ1) is 7.51.